The molecule has 128 valence electrons. The Bertz CT molecular complexity index is 680. The number of piperidine rings is 1. The van der Waals surface area contributed by atoms with E-state index in [1.807, 2.05) is 17.9 Å². The molecule has 1 aliphatic carbocycles. The highest BCUT2D eigenvalue weighted by Gasteiger charge is 2.39. The monoisotopic (exact) mass is 331 g/mol. The second-order valence-corrected chi connectivity index (χ2v) is 7.21. The Morgan fingerprint density at radius 1 is 1.46 bits per heavy atom. The molecule has 0 amide bonds. The minimum absolute atomic E-state index is 0.224. The van der Waals surface area contributed by atoms with Crippen LogP contribution in [0.15, 0.2) is 18.2 Å². The number of halogens is 2. The van der Waals surface area contributed by atoms with Gasteiger partial charge in [-0.25, -0.2) is 9.37 Å². The summed E-state index contributed by atoms with van der Waals surface area (Å²) >= 11 is 0. The van der Waals surface area contributed by atoms with Gasteiger partial charge in [0.2, 0.25) is 5.95 Å². The van der Waals surface area contributed by atoms with E-state index in [1.54, 1.807) is 6.07 Å². The van der Waals surface area contributed by atoms with Gasteiger partial charge in [-0.3, -0.25) is 4.90 Å². The minimum Gasteiger partial charge on any atom is -0.296 e. The first-order valence-corrected chi connectivity index (χ1v) is 8.60. The van der Waals surface area contributed by atoms with E-state index < -0.39 is 17.5 Å². The third-order valence-corrected chi connectivity index (χ3v) is 5.35. The molecule has 0 saturated carbocycles. The second-order valence-electron chi connectivity index (χ2n) is 7.21. The summed E-state index contributed by atoms with van der Waals surface area (Å²) in [4.78, 5) is 6.01. The van der Waals surface area contributed by atoms with Gasteiger partial charge in [-0.2, -0.15) is 9.65 Å². The molecule has 3 rings (SSSR count). The van der Waals surface area contributed by atoms with Gasteiger partial charge in [-0.05, 0) is 43.9 Å². The lowest BCUT2D eigenvalue weighted by Crippen LogP contribution is -2.47. The van der Waals surface area contributed by atoms with Gasteiger partial charge < -0.3 is 0 Å². The van der Waals surface area contributed by atoms with Crippen LogP contribution in [0.3, 0.4) is 0 Å². The maximum atomic E-state index is 14.4. The summed E-state index contributed by atoms with van der Waals surface area (Å²) in [5, 5.41) is 8.86. The van der Waals surface area contributed by atoms with Crippen LogP contribution in [0.5, 0.6) is 0 Å². The van der Waals surface area contributed by atoms with Crippen LogP contribution in [0.1, 0.15) is 50.3 Å². The highest BCUT2D eigenvalue weighted by molar-refractivity contribution is 5.64. The van der Waals surface area contributed by atoms with Crippen LogP contribution in [-0.4, -0.2) is 29.1 Å². The van der Waals surface area contributed by atoms with Gasteiger partial charge in [0.05, 0.1) is 11.8 Å². The lowest BCUT2D eigenvalue weighted by atomic mass is 9.76. The summed E-state index contributed by atoms with van der Waals surface area (Å²) in [6.07, 6.45) is 4.99. The predicted octanol–water partition coefficient (Wildman–Crippen LogP) is 4.25. The first kappa shape index (κ1) is 17.0. The molecule has 5 heteroatoms. The van der Waals surface area contributed by atoms with E-state index in [2.05, 4.69) is 17.1 Å². The fourth-order valence-electron chi connectivity index (χ4n) is 3.54. The van der Waals surface area contributed by atoms with Crippen molar-refractivity contribution in [3.63, 3.8) is 0 Å². The molecule has 0 bridgehead atoms. The number of rotatable bonds is 4. The number of allylic oxidation sites excluding steroid dienone is 2. The zero-order valence-corrected chi connectivity index (χ0v) is 14.1. The summed E-state index contributed by atoms with van der Waals surface area (Å²) in [5.41, 5.74) is 1.77. The number of pyridine rings is 1. The molecule has 0 N–H and O–H groups in total. The molecule has 24 heavy (non-hydrogen) atoms. The smallest absolute Gasteiger partial charge is 0.217 e. The lowest BCUT2D eigenvalue weighted by Gasteiger charge is -2.40. The Hall–Kier alpha value is -1.80. The van der Waals surface area contributed by atoms with Crippen molar-refractivity contribution in [3.8, 4) is 6.07 Å². The average molecular weight is 331 g/mol. The van der Waals surface area contributed by atoms with E-state index in [0.29, 0.717) is 25.1 Å². The first-order valence-electron chi connectivity index (χ1n) is 8.60. The normalized spacial score (nSPS) is 27.8. The molecule has 1 saturated heterocycles. The van der Waals surface area contributed by atoms with Crippen LogP contribution in [-0.2, 0) is 6.54 Å². The largest absolute Gasteiger partial charge is 0.296 e. The van der Waals surface area contributed by atoms with E-state index in [9.17, 15) is 8.78 Å². The van der Waals surface area contributed by atoms with Gasteiger partial charge in [0.15, 0.2) is 0 Å². The van der Waals surface area contributed by atoms with Crippen molar-refractivity contribution in [2.24, 2.45) is 5.41 Å². The average Bonchev–Trinajstić information content (AvgIpc) is 3.08. The highest BCUT2D eigenvalue weighted by atomic mass is 19.1. The number of alkyl halides is 1. The summed E-state index contributed by atoms with van der Waals surface area (Å²) < 4.78 is 28.8. The fraction of sp³-hybridized carbons (Fsp3) is 0.579. The zero-order chi connectivity index (χ0) is 17.2. The highest BCUT2D eigenvalue weighted by Crippen LogP contribution is 2.37. The molecule has 2 heterocycles. The van der Waals surface area contributed by atoms with Crippen molar-refractivity contribution in [3.05, 3.63) is 35.4 Å². The van der Waals surface area contributed by atoms with E-state index >= 15 is 0 Å². The van der Waals surface area contributed by atoms with Crippen LogP contribution < -0.4 is 0 Å². The van der Waals surface area contributed by atoms with Crippen LogP contribution in [0.25, 0.3) is 5.57 Å². The molecular formula is C19H23F2N3. The van der Waals surface area contributed by atoms with E-state index in [0.717, 1.165) is 30.5 Å². The van der Waals surface area contributed by atoms with Crippen molar-refractivity contribution < 1.29 is 8.78 Å². The summed E-state index contributed by atoms with van der Waals surface area (Å²) in [7, 11) is 0. The molecule has 1 aromatic heterocycles. The third-order valence-electron chi connectivity index (χ3n) is 5.35. The lowest BCUT2D eigenvalue weighted by molar-refractivity contribution is 0.0181. The maximum absolute atomic E-state index is 14.4. The zero-order valence-electron chi connectivity index (χ0n) is 14.1. The van der Waals surface area contributed by atoms with E-state index in [-0.39, 0.29) is 13.0 Å². The Labute approximate surface area is 142 Å². The number of aromatic nitrogens is 1. The van der Waals surface area contributed by atoms with E-state index in [4.69, 9.17) is 5.26 Å². The van der Waals surface area contributed by atoms with Gasteiger partial charge in [-0.15, -0.1) is 0 Å². The van der Waals surface area contributed by atoms with Crippen molar-refractivity contribution in [2.45, 2.75) is 51.7 Å². The second kappa shape index (κ2) is 6.98. The van der Waals surface area contributed by atoms with Gasteiger partial charge in [0, 0.05) is 30.5 Å². The number of hydrogen-bond donors (Lipinski definition) is 0. The topological polar surface area (TPSA) is 39.9 Å². The standard InChI is InChI=1S/C19H23F2N3/c1-19(8-10-22)9-11-24(13-17(19)20)12-15-6-7-16(23-18(15)21)14-4-2-3-5-14/h4,6-7,17H,2-3,5,8-9,11-13H2,1H3. The van der Waals surface area contributed by atoms with Gasteiger partial charge >= 0.3 is 0 Å². The number of nitrogens with zero attached hydrogens (tertiary/aromatic N) is 3. The summed E-state index contributed by atoms with van der Waals surface area (Å²) in [6.45, 7) is 3.10. The van der Waals surface area contributed by atoms with E-state index in [1.165, 1.54) is 0 Å². The molecule has 2 atom stereocenters. The van der Waals surface area contributed by atoms with Crippen molar-refractivity contribution in [1.29, 1.82) is 5.26 Å². The molecule has 3 nitrogen and oxygen atoms in total. The van der Waals surface area contributed by atoms with Gasteiger partial charge in [0.25, 0.3) is 0 Å². The SMILES string of the molecule is CC1(CC#N)CCN(Cc2ccc(C3=CCCC3)nc2F)CC1F. The molecule has 1 fully saturated rings. The molecule has 0 spiro atoms. The minimum atomic E-state index is -1.06. The summed E-state index contributed by atoms with van der Waals surface area (Å²) in [5.74, 6) is -0.457. The Morgan fingerprint density at radius 3 is 2.92 bits per heavy atom. The van der Waals surface area contributed by atoms with Crippen LogP contribution in [0.2, 0.25) is 0 Å². The first-order chi connectivity index (χ1) is 11.5. The predicted molar refractivity (Wildman–Crippen MR) is 89.2 cm³/mol. The Morgan fingerprint density at radius 2 is 2.29 bits per heavy atom. The maximum Gasteiger partial charge on any atom is 0.217 e. The number of hydrogen-bond acceptors (Lipinski definition) is 3. The van der Waals surface area contributed by atoms with Crippen molar-refractivity contribution >= 4 is 5.57 Å². The van der Waals surface area contributed by atoms with Crippen LogP contribution in [0, 0.1) is 22.7 Å². The van der Waals surface area contributed by atoms with Crippen LogP contribution >= 0.6 is 0 Å². The number of likely N-dealkylation sites (tertiary alicyclic amines) is 1. The molecule has 2 unspecified atom stereocenters. The van der Waals surface area contributed by atoms with Crippen LogP contribution in [0.4, 0.5) is 8.78 Å². The van der Waals surface area contributed by atoms with Crippen molar-refractivity contribution in [1.82, 2.24) is 9.88 Å². The molecule has 0 aromatic carbocycles. The Kier molecular flexibility index (Phi) is 4.96. The molecule has 1 aromatic rings. The summed E-state index contributed by atoms with van der Waals surface area (Å²) in [6, 6.07) is 5.72. The van der Waals surface area contributed by atoms with Crippen molar-refractivity contribution in [2.75, 3.05) is 13.1 Å². The molecule has 2 aliphatic rings. The molecule has 1 aliphatic heterocycles. The van der Waals surface area contributed by atoms with Gasteiger partial charge in [0.1, 0.15) is 6.17 Å². The molecular weight excluding hydrogens is 308 g/mol. The molecule has 0 radical (unpaired) electrons. The Balaban J connectivity index is 1.66. The van der Waals surface area contributed by atoms with Gasteiger partial charge in [-0.1, -0.05) is 19.1 Å². The number of nitriles is 1. The third kappa shape index (κ3) is 3.49. The quantitative estimate of drug-likeness (QED) is 0.774. The fourth-order valence-corrected chi connectivity index (χ4v) is 3.54.